The van der Waals surface area contributed by atoms with Crippen LogP contribution < -0.4 is 10.1 Å². The van der Waals surface area contributed by atoms with Crippen LogP contribution >= 0.6 is 0 Å². The predicted molar refractivity (Wildman–Crippen MR) is 88.1 cm³/mol. The van der Waals surface area contributed by atoms with Crippen LogP contribution in [-0.2, 0) is 7.05 Å². The molecule has 0 aliphatic heterocycles. The molecule has 1 unspecified atom stereocenters. The molecule has 4 heteroatoms. The third-order valence-electron chi connectivity index (χ3n) is 3.65. The zero-order valence-electron chi connectivity index (χ0n) is 12.7. The van der Waals surface area contributed by atoms with E-state index >= 15 is 0 Å². The van der Waals surface area contributed by atoms with Crippen molar-refractivity contribution >= 4 is 5.69 Å². The Morgan fingerprint density at radius 1 is 1.05 bits per heavy atom. The summed E-state index contributed by atoms with van der Waals surface area (Å²) in [6.45, 7) is 0. The van der Waals surface area contributed by atoms with E-state index in [1.165, 1.54) is 0 Å². The lowest BCUT2D eigenvalue weighted by Gasteiger charge is -2.20. The summed E-state index contributed by atoms with van der Waals surface area (Å²) in [6, 6.07) is 18.2. The number of imidazole rings is 1. The number of benzene rings is 2. The fourth-order valence-corrected chi connectivity index (χ4v) is 2.45. The van der Waals surface area contributed by atoms with Crippen molar-refractivity contribution in [2.24, 2.45) is 7.05 Å². The molecule has 4 nitrogen and oxygen atoms in total. The molecule has 3 aromatic rings. The number of methoxy groups -OCH3 is 1. The van der Waals surface area contributed by atoms with Crippen molar-refractivity contribution in [2.45, 2.75) is 6.04 Å². The van der Waals surface area contributed by atoms with Gasteiger partial charge in [-0.15, -0.1) is 0 Å². The van der Waals surface area contributed by atoms with E-state index in [-0.39, 0.29) is 6.04 Å². The number of anilines is 1. The second-order valence-electron chi connectivity index (χ2n) is 5.11. The number of nitrogens with zero attached hydrogens (tertiary/aromatic N) is 2. The monoisotopic (exact) mass is 293 g/mol. The number of para-hydroxylation sites is 1. The van der Waals surface area contributed by atoms with Crippen LogP contribution in [0.15, 0.2) is 67.0 Å². The van der Waals surface area contributed by atoms with Crippen LogP contribution in [0.5, 0.6) is 5.75 Å². The Kier molecular flexibility index (Phi) is 4.10. The van der Waals surface area contributed by atoms with E-state index in [1.807, 2.05) is 54.3 Å². The molecule has 0 radical (unpaired) electrons. The summed E-state index contributed by atoms with van der Waals surface area (Å²) in [5, 5.41) is 3.55. The molecule has 22 heavy (non-hydrogen) atoms. The zero-order valence-corrected chi connectivity index (χ0v) is 12.7. The van der Waals surface area contributed by atoms with Crippen molar-refractivity contribution < 1.29 is 4.74 Å². The fraction of sp³-hybridized carbons (Fsp3) is 0.167. The van der Waals surface area contributed by atoms with Crippen LogP contribution in [0, 0.1) is 0 Å². The first-order valence-corrected chi connectivity index (χ1v) is 7.20. The molecule has 0 spiro atoms. The lowest BCUT2D eigenvalue weighted by molar-refractivity contribution is 0.414. The maximum Gasteiger partial charge on any atom is 0.135 e. The first-order chi connectivity index (χ1) is 10.8. The highest BCUT2D eigenvalue weighted by Crippen LogP contribution is 2.26. The Labute approximate surface area is 130 Å². The minimum absolute atomic E-state index is 0.0201. The van der Waals surface area contributed by atoms with Crippen LogP contribution in [0.1, 0.15) is 17.4 Å². The van der Waals surface area contributed by atoms with E-state index in [2.05, 4.69) is 34.6 Å². The lowest BCUT2D eigenvalue weighted by Crippen LogP contribution is -2.16. The van der Waals surface area contributed by atoms with Crippen molar-refractivity contribution in [2.75, 3.05) is 12.4 Å². The highest BCUT2D eigenvalue weighted by molar-refractivity contribution is 5.47. The van der Waals surface area contributed by atoms with Crippen LogP contribution in [0.25, 0.3) is 0 Å². The Balaban J connectivity index is 1.97. The average molecular weight is 293 g/mol. The van der Waals surface area contributed by atoms with Gasteiger partial charge >= 0.3 is 0 Å². The molecule has 1 heterocycles. The summed E-state index contributed by atoms with van der Waals surface area (Å²) in [6.07, 6.45) is 3.77. The molecule has 0 bridgehead atoms. The van der Waals surface area contributed by atoms with Crippen LogP contribution in [0.3, 0.4) is 0 Å². The van der Waals surface area contributed by atoms with Crippen molar-refractivity contribution in [1.82, 2.24) is 9.55 Å². The number of aromatic nitrogens is 2. The smallest absolute Gasteiger partial charge is 0.135 e. The summed E-state index contributed by atoms with van der Waals surface area (Å²) in [7, 11) is 3.68. The standard InChI is InChI=1S/C18H19N3O/c1-21-13-12-19-18(21)17(20-15-6-4-3-5-7-15)14-8-10-16(22-2)11-9-14/h3-13,17,20H,1-2H3. The number of aryl methyl sites for hydroxylation is 1. The van der Waals surface area contributed by atoms with Crippen LogP contribution in [0.4, 0.5) is 5.69 Å². The second-order valence-corrected chi connectivity index (χ2v) is 5.11. The van der Waals surface area contributed by atoms with E-state index in [4.69, 9.17) is 4.74 Å². The van der Waals surface area contributed by atoms with E-state index in [9.17, 15) is 0 Å². The highest BCUT2D eigenvalue weighted by Gasteiger charge is 2.18. The molecule has 0 saturated carbocycles. The molecular formula is C18H19N3O. The van der Waals surface area contributed by atoms with Crippen LogP contribution in [0.2, 0.25) is 0 Å². The molecule has 0 amide bonds. The van der Waals surface area contributed by atoms with Crippen LogP contribution in [-0.4, -0.2) is 16.7 Å². The largest absolute Gasteiger partial charge is 0.497 e. The van der Waals surface area contributed by atoms with Crippen molar-refractivity contribution in [1.29, 1.82) is 0 Å². The fourth-order valence-electron chi connectivity index (χ4n) is 2.45. The molecule has 0 fully saturated rings. The maximum absolute atomic E-state index is 5.24. The maximum atomic E-state index is 5.24. The molecule has 3 rings (SSSR count). The summed E-state index contributed by atoms with van der Waals surface area (Å²) in [5.74, 6) is 1.82. The van der Waals surface area contributed by atoms with Gasteiger partial charge in [0, 0.05) is 25.1 Å². The third kappa shape index (κ3) is 2.96. The predicted octanol–water partition coefficient (Wildman–Crippen LogP) is 3.63. The Hall–Kier alpha value is -2.75. The summed E-state index contributed by atoms with van der Waals surface area (Å²) in [5.41, 5.74) is 2.20. The van der Waals surface area contributed by atoms with Gasteiger partial charge in [-0.1, -0.05) is 30.3 Å². The van der Waals surface area contributed by atoms with Crippen molar-refractivity contribution in [3.8, 4) is 5.75 Å². The topological polar surface area (TPSA) is 39.1 Å². The minimum Gasteiger partial charge on any atom is -0.497 e. The molecule has 0 aliphatic carbocycles. The van der Waals surface area contributed by atoms with Gasteiger partial charge in [-0.25, -0.2) is 4.98 Å². The number of rotatable bonds is 5. The molecule has 1 N–H and O–H groups in total. The molecule has 0 aliphatic rings. The first-order valence-electron chi connectivity index (χ1n) is 7.20. The van der Waals surface area contributed by atoms with Gasteiger partial charge in [-0.05, 0) is 29.8 Å². The van der Waals surface area contributed by atoms with E-state index < -0.39 is 0 Å². The van der Waals surface area contributed by atoms with Crippen molar-refractivity contribution in [3.63, 3.8) is 0 Å². The quantitative estimate of drug-likeness (QED) is 0.780. The zero-order chi connectivity index (χ0) is 15.4. The summed E-state index contributed by atoms with van der Waals surface area (Å²) < 4.78 is 7.27. The highest BCUT2D eigenvalue weighted by atomic mass is 16.5. The van der Waals surface area contributed by atoms with E-state index in [1.54, 1.807) is 7.11 Å². The molecule has 1 atom stereocenters. The van der Waals surface area contributed by atoms with Gasteiger partial charge < -0.3 is 14.6 Å². The van der Waals surface area contributed by atoms with E-state index in [0.29, 0.717) is 0 Å². The Morgan fingerprint density at radius 2 is 1.77 bits per heavy atom. The average Bonchev–Trinajstić information content (AvgIpc) is 3.00. The molecule has 1 aromatic heterocycles. The molecule has 0 saturated heterocycles. The number of hydrogen-bond donors (Lipinski definition) is 1. The summed E-state index contributed by atoms with van der Waals surface area (Å²) in [4.78, 5) is 4.50. The van der Waals surface area contributed by atoms with Gasteiger partial charge in [0.15, 0.2) is 0 Å². The van der Waals surface area contributed by atoms with E-state index in [0.717, 1.165) is 22.8 Å². The van der Waals surface area contributed by atoms with Gasteiger partial charge in [0.05, 0.1) is 7.11 Å². The lowest BCUT2D eigenvalue weighted by atomic mass is 10.1. The van der Waals surface area contributed by atoms with Gasteiger partial charge in [0.25, 0.3) is 0 Å². The molecular weight excluding hydrogens is 274 g/mol. The Bertz CT molecular complexity index is 720. The molecule has 112 valence electrons. The second kappa shape index (κ2) is 6.35. The van der Waals surface area contributed by atoms with Gasteiger partial charge in [0.2, 0.25) is 0 Å². The minimum atomic E-state index is -0.0201. The first kappa shape index (κ1) is 14.2. The van der Waals surface area contributed by atoms with Crippen molar-refractivity contribution in [3.05, 3.63) is 78.4 Å². The Morgan fingerprint density at radius 3 is 2.36 bits per heavy atom. The normalized spacial score (nSPS) is 11.9. The SMILES string of the molecule is COc1ccc(C(Nc2ccccc2)c2nccn2C)cc1. The number of nitrogens with one attached hydrogen (secondary N) is 1. The molecule has 2 aromatic carbocycles. The number of hydrogen-bond acceptors (Lipinski definition) is 3. The van der Waals surface area contributed by atoms with Gasteiger partial charge in [-0.2, -0.15) is 0 Å². The van der Waals surface area contributed by atoms with Gasteiger partial charge in [0.1, 0.15) is 17.6 Å². The van der Waals surface area contributed by atoms with Gasteiger partial charge in [-0.3, -0.25) is 0 Å². The third-order valence-corrected chi connectivity index (χ3v) is 3.65. The number of ether oxygens (including phenoxy) is 1. The summed E-state index contributed by atoms with van der Waals surface area (Å²) >= 11 is 0.